The standard InChI is InChI=1S/C16H28N2O3/c1-11(13-6-4-3-5-7-13)12(2)17-16(21)18-9-8-14(10-18)15(19)20/h11-14H,3-10H2,1-2H3,(H,17,21)(H,19,20). The molecular formula is C16H28N2O3. The summed E-state index contributed by atoms with van der Waals surface area (Å²) in [5, 5.41) is 12.1. The summed E-state index contributed by atoms with van der Waals surface area (Å²) in [4.78, 5) is 24.8. The van der Waals surface area contributed by atoms with Crippen molar-refractivity contribution in [3.63, 3.8) is 0 Å². The Balaban J connectivity index is 1.80. The van der Waals surface area contributed by atoms with Gasteiger partial charge in [-0.25, -0.2) is 4.79 Å². The van der Waals surface area contributed by atoms with Crippen LogP contribution in [0.1, 0.15) is 52.4 Å². The SMILES string of the molecule is CC(NC(=O)N1CCC(C(=O)O)C1)C(C)C1CCCCC1. The second kappa shape index (κ2) is 7.14. The molecule has 0 aromatic carbocycles. The Kier molecular flexibility index (Phi) is 5.48. The summed E-state index contributed by atoms with van der Waals surface area (Å²) in [5.41, 5.74) is 0. The van der Waals surface area contributed by atoms with E-state index in [9.17, 15) is 9.59 Å². The van der Waals surface area contributed by atoms with E-state index < -0.39 is 11.9 Å². The molecule has 1 saturated carbocycles. The van der Waals surface area contributed by atoms with Gasteiger partial charge in [0.2, 0.25) is 0 Å². The maximum atomic E-state index is 12.2. The van der Waals surface area contributed by atoms with E-state index in [4.69, 9.17) is 5.11 Å². The number of nitrogens with one attached hydrogen (secondary N) is 1. The van der Waals surface area contributed by atoms with Gasteiger partial charge in [0.15, 0.2) is 0 Å². The predicted octanol–water partition coefficient (Wildman–Crippen LogP) is 2.71. The van der Waals surface area contributed by atoms with E-state index in [1.54, 1.807) is 4.90 Å². The normalized spacial score (nSPS) is 26.4. The molecule has 120 valence electrons. The molecule has 0 bridgehead atoms. The number of likely N-dealkylation sites (tertiary alicyclic amines) is 1. The van der Waals surface area contributed by atoms with E-state index in [1.807, 2.05) is 0 Å². The lowest BCUT2D eigenvalue weighted by molar-refractivity contribution is -0.141. The number of nitrogens with zero attached hydrogens (tertiary/aromatic N) is 1. The monoisotopic (exact) mass is 296 g/mol. The minimum atomic E-state index is -0.797. The molecule has 1 aliphatic carbocycles. The van der Waals surface area contributed by atoms with Crippen molar-refractivity contribution in [3.05, 3.63) is 0 Å². The Morgan fingerprint density at radius 2 is 1.81 bits per heavy atom. The van der Waals surface area contributed by atoms with E-state index in [-0.39, 0.29) is 12.1 Å². The van der Waals surface area contributed by atoms with Crippen LogP contribution in [-0.2, 0) is 4.79 Å². The van der Waals surface area contributed by atoms with Gasteiger partial charge in [-0.3, -0.25) is 4.79 Å². The van der Waals surface area contributed by atoms with Gasteiger partial charge in [0, 0.05) is 19.1 Å². The van der Waals surface area contributed by atoms with Crippen molar-refractivity contribution in [3.8, 4) is 0 Å². The summed E-state index contributed by atoms with van der Waals surface area (Å²) in [5.74, 6) is -0.0118. The van der Waals surface area contributed by atoms with E-state index in [0.717, 1.165) is 0 Å². The predicted molar refractivity (Wildman–Crippen MR) is 81.0 cm³/mol. The van der Waals surface area contributed by atoms with Crippen molar-refractivity contribution in [1.29, 1.82) is 0 Å². The fourth-order valence-electron chi connectivity index (χ4n) is 3.63. The Hall–Kier alpha value is -1.26. The molecule has 2 fully saturated rings. The fourth-order valence-corrected chi connectivity index (χ4v) is 3.63. The maximum absolute atomic E-state index is 12.2. The summed E-state index contributed by atoms with van der Waals surface area (Å²) in [6.07, 6.45) is 7.06. The van der Waals surface area contributed by atoms with Crippen molar-refractivity contribution in [2.45, 2.75) is 58.4 Å². The van der Waals surface area contributed by atoms with Crippen molar-refractivity contribution in [2.24, 2.45) is 17.8 Å². The summed E-state index contributed by atoms with van der Waals surface area (Å²) < 4.78 is 0. The second-order valence-electron chi connectivity index (χ2n) is 6.77. The van der Waals surface area contributed by atoms with Gasteiger partial charge in [-0.05, 0) is 25.2 Å². The molecule has 5 heteroatoms. The zero-order valence-corrected chi connectivity index (χ0v) is 13.2. The number of hydrogen-bond donors (Lipinski definition) is 2. The lowest BCUT2D eigenvalue weighted by Crippen LogP contribution is -2.46. The number of amides is 2. The summed E-state index contributed by atoms with van der Waals surface area (Å²) in [6.45, 7) is 5.19. The van der Waals surface area contributed by atoms with Crippen LogP contribution < -0.4 is 5.32 Å². The average molecular weight is 296 g/mol. The van der Waals surface area contributed by atoms with Gasteiger partial charge in [-0.15, -0.1) is 0 Å². The topological polar surface area (TPSA) is 69.6 Å². The lowest BCUT2D eigenvalue weighted by Gasteiger charge is -2.33. The molecule has 0 aromatic rings. The number of carbonyl (C=O) groups is 2. The third kappa shape index (κ3) is 4.11. The van der Waals surface area contributed by atoms with Gasteiger partial charge < -0.3 is 15.3 Å². The lowest BCUT2D eigenvalue weighted by atomic mass is 9.78. The summed E-state index contributed by atoms with van der Waals surface area (Å²) in [7, 11) is 0. The highest BCUT2D eigenvalue weighted by Crippen LogP contribution is 2.31. The first-order valence-corrected chi connectivity index (χ1v) is 8.27. The van der Waals surface area contributed by atoms with Crippen molar-refractivity contribution in [2.75, 3.05) is 13.1 Å². The molecule has 1 saturated heterocycles. The molecule has 2 amide bonds. The number of hydrogen-bond acceptors (Lipinski definition) is 2. The summed E-state index contributed by atoms with van der Waals surface area (Å²) in [6, 6.07) is 0.0402. The quantitative estimate of drug-likeness (QED) is 0.838. The third-order valence-corrected chi connectivity index (χ3v) is 5.36. The average Bonchev–Trinajstić information content (AvgIpc) is 2.97. The van der Waals surface area contributed by atoms with Gasteiger partial charge >= 0.3 is 12.0 Å². The minimum Gasteiger partial charge on any atom is -0.481 e. The number of carbonyl (C=O) groups excluding carboxylic acids is 1. The van der Waals surface area contributed by atoms with Crippen LogP contribution in [-0.4, -0.2) is 41.1 Å². The second-order valence-corrected chi connectivity index (χ2v) is 6.77. The summed E-state index contributed by atoms with van der Waals surface area (Å²) >= 11 is 0. The van der Waals surface area contributed by atoms with Gasteiger partial charge in [-0.1, -0.05) is 39.0 Å². The first-order chi connectivity index (χ1) is 9.99. The van der Waals surface area contributed by atoms with Crippen molar-refractivity contribution < 1.29 is 14.7 Å². The number of carboxylic acids is 1. The fraction of sp³-hybridized carbons (Fsp3) is 0.875. The van der Waals surface area contributed by atoms with Crippen LogP contribution >= 0.6 is 0 Å². The molecule has 2 rings (SSSR count). The van der Waals surface area contributed by atoms with E-state index in [0.29, 0.717) is 31.3 Å². The molecule has 0 spiro atoms. The van der Waals surface area contributed by atoms with Crippen LogP contribution in [0, 0.1) is 17.8 Å². The highest BCUT2D eigenvalue weighted by Gasteiger charge is 2.32. The van der Waals surface area contributed by atoms with Crippen LogP contribution in [0.2, 0.25) is 0 Å². The molecule has 21 heavy (non-hydrogen) atoms. The highest BCUT2D eigenvalue weighted by molar-refractivity contribution is 5.77. The first-order valence-electron chi connectivity index (χ1n) is 8.27. The van der Waals surface area contributed by atoms with E-state index in [1.165, 1.54) is 32.1 Å². The zero-order chi connectivity index (χ0) is 15.4. The smallest absolute Gasteiger partial charge is 0.317 e. The largest absolute Gasteiger partial charge is 0.481 e. The Morgan fingerprint density at radius 3 is 2.38 bits per heavy atom. The van der Waals surface area contributed by atoms with Crippen molar-refractivity contribution in [1.82, 2.24) is 10.2 Å². The molecule has 0 aromatic heterocycles. The van der Waals surface area contributed by atoms with Crippen LogP contribution in [0.4, 0.5) is 4.79 Å². The van der Waals surface area contributed by atoms with Gasteiger partial charge in [0.05, 0.1) is 5.92 Å². The maximum Gasteiger partial charge on any atom is 0.317 e. The van der Waals surface area contributed by atoms with Gasteiger partial charge in [0.1, 0.15) is 0 Å². The van der Waals surface area contributed by atoms with E-state index >= 15 is 0 Å². The molecule has 5 nitrogen and oxygen atoms in total. The van der Waals surface area contributed by atoms with Crippen LogP contribution in [0.15, 0.2) is 0 Å². The Labute approximate surface area is 127 Å². The number of carboxylic acid groups (broad SMARTS) is 1. The number of aliphatic carboxylic acids is 1. The Bertz CT molecular complexity index is 380. The van der Waals surface area contributed by atoms with E-state index in [2.05, 4.69) is 19.2 Å². The number of rotatable bonds is 4. The first kappa shape index (κ1) is 16.1. The molecule has 0 radical (unpaired) electrons. The molecule has 1 heterocycles. The van der Waals surface area contributed by atoms with Gasteiger partial charge in [-0.2, -0.15) is 0 Å². The minimum absolute atomic E-state index is 0.103. The molecule has 3 atom stereocenters. The van der Waals surface area contributed by atoms with Crippen LogP contribution in [0.3, 0.4) is 0 Å². The molecule has 3 unspecified atom stereocenters. The van der Waals surface area contributed by atoms with Crippen molar-refractivity contribution >= 4 is 12.0 Å². The molecule has 2 aliphatic rings. The van der Waals surface area contributed by atoms with Crippen LogP contribution in [0.5, 0.6) is 0 Å². The zero-order valence-electron chi connectivity index (χ0n) is 13.2. The van der Waals surface area contributed by atoms with Crippen LogP contribution in [0.25, 0.3) is 0 Å². The molecule has 1 aliphatic heterocycles. The molecular weight excluding hydrogens is 268 g/mol. The third-order valence-electron chi connectivity index (χ3n) is 5.36. The number of urea groups is 1. The highest BCUT2D eigenvalue weighted by atomic mass is 16.4. The molecule has 2 N–H and O–H groups in total. The van der Waals surface area contributed by atoms with Gasteiger partial charge in [0.25, 0.3) is 0 Å². The Morgan fingerprint density at radius 1 is 1.14 bits per heavy atom.